The van der Waals surface area contributed by atoms with Crippen LogP contribution in [0.1, 0.15) is 40.0 Å². The molecule has 0 spiro atoms. The standard InChI is InChI=1S/C11H18/c1-4-10-6-9(3)7-11(5-2)8-10/h6,8-9H,4-5,7H2,1-3H3. The molecule has 1 aliphatic rings. The second-order valence-corrected chi connectivity index (χ2v) is 3.43. The van der Waals surface area contributed by atoms with Crippen LogP contribution < -0.4 is 0 Å². The van der Waals surface area contributed by atoms with E-state index in [0.29, 0.717) is 0 Å². The molecule has 1 unspecified atom stereocenters. The average Bonchev–Trinajstić information content (AvgIpc) is 2.03. The summed E-state index contributed by atoms with van der Waals surface area (Å²) in [6, 6.07) is 0. The summed E-state index contributed by atoms with van der Waals surface area (Å²) in [4.78, 5) is 0. The molecule has 62 valence electrons. The topological polar surface area (TPSA) is 0 Å². The van der Waals surface area contributed by atoms with E-state index in [0.717, 1.165) is 5.92 Å². The van der Waals surface area contributed by atoms with Crippen molar-refractivity contribution in [3.63, 3.8) is 0 Å². The Labute approximate surface area is 70.0 Å². The molecule has 0 saturated heterocycles. The van der Waals surface area contributed by atoms with Crippen LogP contribution >= 0.6 is 0 Å². The smallest absolute Gasteiger partial charge is 0.0219 e. The van der Waals surface area contributed by atoms with E-state index in [2.05, 4.69) is 32.9 Å². The van der Waals surface area contributed by atoms with Gasteiger partial charge in [-0.15, -0.1) is 0 Å². The van der Waals surface area contributed by atoms with Crippen LogP contribution in [-0.2, 0) is 0 Å². The maximum atomic E-state index is 2.40. The molecule has 0 heteroatoms. The lowest BCUT2D eigenvalue weighted by Gasteiger charge is -2.16. The van der Waals surface area contributed by atoms with Gasteiger partial charge in [-0.1, -0.05) is 44.1 Å². The summed E-state index contributed by atoms with van der Waals surface area (Å²) in [5.74, 6) is 0.768. The Balaban J connectivity index is 2.71. The summed E-state index contributed by atoms with van der Waals surface area (Å²) in [6.07, 6.45) is 8.47. The molecule has 0 radical (unpaired) electrons. The van der Waals surface area contributed by atoms with Gasteiger partial charge in [0.1, 0.15) is 0 Å². The van der Waals surface area contributed by atoms with Gasteiger partial charge in [-0.3, -0.25) is 0 Å². The van der Waals surface area contributed by atoms with Gasteiger partial charge in [-0.05, 0) is 25.2 Å². The van der Waals surface area contributed by atoms with Gasteiger partial charge in [0, 0.05) is 0 Å². The second-order valence-electron chi connectivity index (χ2n) is 3.43. The quantitative estimate of drug-likeness (QED) is 0.563. The molecule has 11 heavy (non-hydrogen) atoms. The average molecular weight is 150 g/mol. The largest absolute Gasteiger partial charge is 0.0782 e. The Kier molecular flexibility index (Phi) is 2.92. The molecule has 0 aromatic rings. The van der Waals surface area contributed by atoms with Crippen LogP contribution in [0.3, 0.4) is 0 Å². The summed E-state index contributed by atoms with van der Waals surface area (Å²) in [6.45, 7) is 6.78. The summed E-state index contributed by atoms with van der Waals surface area (Å²) in [5, 5.41) is 0. The van der Waals surface area contributed by atoms with Gasteiger partial charge in [0.2, 0.25) is 0 Å². The van der Waals surface area contributed by atoms with Crippen molar-refractivity contribution < 1.29 is 0 Å². The molecule has 1 atom stereocenters. The molecule has 0 fully saturated rings. The van der Waals surface area contributed by atoms with E-state index in [1.165, 1.54) is 24.8 Å². The van der Waals surface area contributed by atoms with E-state index in [9.17, 15) is 0 Å². The highest BCUT2D eigenvalue weighted by atomic mass is 14.1. The molecule has 0 aromatic carbocycles. The maximum absolute atomic E-state index is 2.40. The molecular formula is C11H18. The number of hydrogen-bond donors (Lipinski definition) is 0. The zero-order valence-corrected chi connectivity index (χ0v) is 7.85. The third-order valence-corrected chi connectivity index (χ3v) is 2.33. The molecule has 0 heterocycles. The molecule has 0 N–H and O–H groups in total. The molecule has 0 nitrogen and oxygen atoms in total. The van der Waals surface area contributed by atoms with Crippen molar-refractivity contribution in [3.8, 4) is 0 Å². The van der Waals surface area contributed by atoms with Gasteiger partial charge in [0.05, 0.1) is 0 Å². The zero-order valence-electron chi connectivity index (χ0n) is 7.85. The van der Waals surface area contributed by atoms with Crippen molar-refractivity contribution in [2.45, 2.75) is 40.0 Å². The first-order valence-electron chi connectivity index (χ1n) is 4.66. The highest BCUT2D eigenvalue weighted by molar-refractivity contribution is 5.28. The minimum Gasteiger partial charge on any atom is -0.0782 e. The molecule has 0 aliphatic heterocycles. The first-order chi connectivity index (χ1) is 5.26. The lowest BCUT2D eigenvalue weighted by Crippen LogP contribution is -2.00. The third-order valence-electron chi connectivity index (χ3n) is 2.33. The Morgan fingerprint density at radius 3 is 2.64 bits per heavy atom. The van der Waals surface area contributed by atoms with Crippen molar-refractivity contribution in [2.24, 2.45) is 5.92 Å². The van der Waals surface area contributed by atoms with Gasteiger partial charge in [0.15, 0.2) is 0 Å². The van der Waals surface area contributed by atoms with E-state index in [-0.39, 0.29) is 0 Å². The Morgan fingerprint density at radius 1 is 1.36 bits per heavy atom. The predicted molar refractivity (Wildman–Crippen MR) is 50.5 cm³/mol. The minimum absolute atomic E-state index is 0.768. The highest BCUT2D eigenvalue weighted by Gasteiger charge is 2.08. The first kappa shape index (κ1) is 8.58. The molecule has 0 bridgehead atoms. The van der Waals surface area contributed by atoms with Crippen LogP contribution in [0.5, 0.6) is 0 Å². The highest BCUT2D eigenvalue weighted by Crippen LogP contribution is 2.25. The van der Waals surface area contributed by atoms with Crippen molar-refractivity contribution in [1.29, 1.82) is 0 Å². The van der Waals surface area contributed by atoms with Gasteiger partial charge in [0.25, 0.3) is 0 Å². The van der Waals surface area contributed by atoms with Gasteiger partial charge >= 0.3 is 0 Å². The fourth-order valence-electron chi connectivity index (χ4n) is 1.67. The van der Waals surface area contributed by atoms with Crippen LogP contribution in [0.4, 0.5) is 0 Å². The van der Waals surface area contributed by atoms with Crippen molar-refractivity contribution in [1.82, 2.24) is 0 Å². The molecule has 1 aliphatic carbocycles. The van der Waals surface area contributed by atoms with E-state index in [4.69, 9.17) is 0 Å². The van der Waals surface area contributed by atoms with Crippen LogP contribution in [0.15, 0.2) is 23.3 Å². The summed E-state index contributed by atoms with van der Waals surface area (Å²) < 4.78 is 0. The molecule has 0 aromatic heterocycles. The number of allylic oxidation sites excluding steroid dienone is 4. The van der Waals surface area contributed by atoms with E-state index >= 15 is 0 Å². The molecule has 1 rings (SSSR count). The van der Waals surface area contributed by atoms with Gasteiger partial charge < -0.3 is 0 Å². The third kappa shape index (κ3) is 2.21. The Bertz CT molecular complexity index is 184. The number of rotatable bonds is 2. The van der Waals surface area contributed by atoms with Crippen LogP contribution in [0.2, 0.25) is 0 Å². The van der Waals surface area contributed by atoms with Crippen LogP contribution in [0, 0.1) is 5.92 Å². The van der Waals surface area contributed by atoms with Crippen molar-refractivity contribution in [2.75, 3.05) is 0 Å². The first-order valence-corrected chi connectivity index (χ1v) is 4.66. The second kappa shape index (κ2) is 3.75. The lowest BCUT2D eigenvalue weighted by molar-refractivity contribution is 0.678. The summed E-state index contributed by atoms with van der Waals surface area (Å²) in [5.41, 5.74) is 3.15. The molecular weight excluding hydrogens is 132 g/mol. The fourth-order valence-corrected chi connectivity index (χ4v) is 1.67. The summed E-state index contributed by atoms with van der Waals surface area (Å²) in [7, 11) is 0. The van der Waals surface area contributed by atoms with E-state index in [1.54, 1.807) is 5.57 Å². The monoisotopic (exact) mass is 150 g/mol. The SMILES string of the molecule is CCC1=CC(C)CC(CC)=C1. The normalized spacial score (nSPS) is 24.5. The van der Waals surface area contributed by atoms with Gasteiger partial charge in [-0.25, -0.2) is 0 Å². The predicted octanol–water partition coefficient (Wildman–Crippen LogP) is 3.70. The zero-order chi connectivity index (χ0) is 8.27. The van der Waals surface area contributed by atoms with E-state index < -0.39 is 0 Å². The number of hydrogen-bond acceptors (Lipinski definition) is 0. The van der Waals surface area contributed by atoms with Crippen molar-refractivity contribution in [3.05, 3.63) is 23.3 Å². The van der Waals surface area contributed by atoms with Crippen LogP contribution in [0.25, 0.3) is 0 Å². The van der Waals surface area contributed by atoms with Crippen molar-refractivity contribution >= 4 is 0 Å². The van der Waals surface area contributed by atoms with Crippen LogP contribution in [-0.4, -0.2) is 0 Å². The Morgan fingerprint density at radius 2 is 2.09 bits per heavy atom. The maximum Gasteiger partial charge on any atom is -0.0219 e. The molecule has 0 saturated carbocycles. The molecule has 0 amide bonds. The van der Waals surface area contributed by atoms with E-state index in [1.807, 2.05) is 0 Å². The Hall–Kier alpha value is -0.520. The van der Waals surface area contributed by atoms with Gasteiger partial charge in [-0.2, -0.15) is 0 Å². The fraction of sp³-hybridized carbons (Fsp3) is 0.636. The minimum atomic E-state index is 0.768. The lowest BCUT2D eigenvalue weighted by atomic mass is 9.89. The summed E-state index contributed by atoms with van der Waals surface area (Å²) >= 11 is 0.